The van der Waals surface area contributed by atoms with Crippen LogP contribution >= 0.6 is 0 Å². The van der Waals surface area contributed by atoms with E-state index in [1.165, 1.54) is 96.6 Å². The molecule has 0 atom stereocenters. The smallest absolute Gasteiger partial charge is 0.00438 e. The van der Waals surface area contributed by atoms with Crippen molar-refractivity contribution in [1.82, 2.24) is 5.32 Å². The van der Waals surface area contributed by atoms with Crippen LogP contribution in [-0.2, 0) is 0 Å². The largest absolute Gasteiger partial charge is 0.317 e. The third kappa shape index (κ3) is 16.2. The molecule has 0 spiro atoms. The Hall–Kier alpha value is -0.0400. The van der Waals surface area contributed by atoms with Gasteiger partial charge in [-0.05, 0) is 37.8 Å². The lowest BCUT2D eigenvalue weighted by Gasteiger charge is -2.24. The molecule has 21 heavy (non-hydrogen) atoms. The quantitative estimate of drug-likeness (QED) is 0.312. The summed E-state index contributed by atoms with van der Waals surface area (Å²) < 4.78 is 0. The second-order valence-electron chi connectivity index (χ2n) is 7.60. The summed E-state index contributed by atoms with van der Waals surface area (Å²) in [6.45, 7) is 11.8. The highest BCUT2D eigenvalue weighted by atomic mass is 14.8. The Kier molecular flexibility index (Phi) is 14.9. The second kappa shape index (κ2) is 14.9. The molecule has 0 bridgehead atoms. The lowest BCUT2D eigenvalue weighted by molar-refractivity contribution is 0.289. The highest BCUT2D eigenvalue weighted by molar-refractivity contribution is 4.70. The van der Waals surface area contributed by atoms with Crippen molar-refractivity contribution in [1.29, 1.82) is 0 Å². The Labute approximate surface area is 135 Å². The maximum absolute atomic E-state index is 3.53. The molecule has 0 rings (SSSR count). The number of nitrogens with one attached hydrogen (secondary N) is 1. The van der Waals surface area contributed by atoms with Gasteiger partial charge < -0.3 is 5.32 Å². The monoisotopic (exact) mass is 297 g/mol. The molecule has 0 radical (unpaired) electrons. The summed E-state index contributed by atoms with van der Waals surface area (Å²) in [6, 6.07) is 0. The van der Waals surface area contributed by atoms with Gasteiger partial charge in [-0.1, -0.05) is 91.9 Å². The van der Waals surface area contributed by atoms with Crippen LogP contribution in [0.5, 0.6) is 0 Å². The van der Waals surface area contributed by atoms with Gasteiger partial charge in [0.2, 0.25) is 0 Å². The second-order valence-corrected chi connectivity index (χ2v) is 7.60. The van der Waals surface area contributed by atoms with Crippen LogP contribution in [0.3, 0.4) is 0 Å². The van der Waals surface area contributed by atoms with E-state index in [0.29, 0.717) is 5.41 Å². The zero-order valence-electron chi connectivity index (χ0n) is 15.6. The first-order valence-corrected chi connectivity index (χ1v) is 9.83. The molecule has 128 valence electrons. The van der Waals surface area contributed by atoms with E-state index in [1.807, 2.05) is 0 Å². The van der Waals surface area contributed by atoms with Gasteiger partial charge in [0.15, 0.2) is 0 Å². The predicted molar refractivity (Wildman–Crippen MR) is 98.0 cm³/mol. The van der Waals surface area contributed by atoms with Gasteiger partial charge >= 0.3 is 0 Å². The number of rotatable bonds is 16. The van der Waals surface area contributed by atoms with E-state index in [4.69, 9.17) is 0 Å². The summed E-state index contributed by atoms with van der Waals surface area (Å²) in [4.78, 5) is 0. The van der Waals surface area contributed by atoms with Crippen LogP contribution in [0.25, 0.3) is 0 Å². The van der Waals surface area contributed by atoms with E-state index >= 15 is 0 Å². The first-order valence-electron chi connectivity index (χ1n) is 9.83. The van der Waals surface area contributed by atoms with Gasteiger partial charge in [0.05, 0.1) is 0 Å². The molecule has 0 aliphatic heterocycles. The van der Waals surface area contributed by atoms with Crippen LogP contribution in [0.15, 0.2) is 0 Å². The van der Waals surface area contributed by atoms with Crippen molar-refractivity contribution >= 4 is 0 Å². The van der Waals surface area contributed by atoms with E-state index in [0.717, 1.165) is 0 Å². The standard InChI is InChI=1S/C20H43N/c1-5-7-8-9-10-11-12-13-14-15-16-20(3,4)17-19-21-18-6-2/h21H,5-19H2,1-4H3. The van der Waals surface area contributed by atoms with Gasteiger partial charge in [-0.15, -0.1) is 0 Å². The molecular formula is C20H43N. The maximum Gasteiger partial charge on any atom is -0.00438 e. The minimum absolute atomic E-state index is 0.529. The molecule has 0 heterocycles. The molecule has 0 fully saturated rings. The Bertz CT molecular complexity index is 198. The molecule has 0 unspecified atom stereocenters. The summed E-state index contributed by atoms with van der Waals surface area (Å²) in [5.74, 6) is 0. The number of hydrogen-bond acceptors (Lipinski definition) is 1. The van der Waals surface area contributed by atoms with E-state index in [9.17, 15) is 0 Å². The molecule has 0 aromatic heterocycles. The minimum atomic E-state index is 0.529. The highest BCUT2D eigenvalue weighted by Crippen LogP contribution is 2.27. The van der Waals surface area contributed by atoms with Crippen molar-refractivity contribution in [3.63, 3.8) is 0 Å². The summed E-state index contributed by atoms with van der Waals surface area (Å²) in [5.41, 5.74) is 0.529. The third-order valence-corrected chi connectivity index (χ3v) is 4.61. The van der Waals surface area contributed by atoms with Crippen molar-refractivity contribution in [2.75, 3.05) is 13.1 Å². The van der Waals surface area contributed by atoms with Crippen LogP contribution < -0.4 is 5.32 Å². The molecule has 0 aromatic rings. The first-order chi connectivity index (χ1) is 10.1. The van der Waals surface area contributed by atoms with E-state index in [-0.39, 0.29) is 0 Å². The van der Waals surface area contributed by atoms with Crippen molar-refractivity contribution in [3.8, 4) is 0 Å². The van der Waals surface area contributed by atoms with Gasteiger partial charge in [-0.25, -0.2) is 0 Å². The first kappa shape index (κ1) is 21.0. The summed E-state index contributed by atoms with van der Waals surface area (Å²) in [6.07, 6.45) is 18.4. The topological polar surface area (TPSA) is 12.0 Å². The molecule has 0 aliphatic rings. The molecule has 0 aromatic carbocycles. The van der Waals surface area contributed by atoms with E-state index in [2.05, 4.69) is 33.0 Å². The maximum atomic E-state index is 3.53. The Morgan fingerprint density at radius 1 is 0.571 bits per heavy atom. The highest BCUT2D eigenvalue weighted by Gasteiger charge is 2.16. The lowest BCUT2D eigenvalue weighted by atomic mass is 9.83. The van der Waals surface area contributed by atoms with Crippen molar-refractivity contribution in [2.24, 2.45) is 5.41 Å². The van der Waals surface area contributed by atoms with Crippen LogP contribution in [0, 0.1) is 5.41 Å². The Balaban J connectivity index is 3.28. The fourth-order valence-corrected chi connectivity index (χ4v) is 2.94. The van der Waals surface area contributed by atoms with Crippen LogP contribution in [0.2, 0.25) is 0 Å². The zero-order chi connectivity index (χ0) is 15.8. The van der Waals surface area contributed by atoms with Gasteiger partial charge in [0.1, 0.15) is 0 Å². The molecule has 1 N–H and O–H groups in total. The van der Waals surface area contributed by atoms with Gasteiger partial charge in [-0.2, -0.15) is 0 Å². The Morgan fingerprint density at radius 2 is 1.10 bits per heavy atom. The van der Waals surface area contributed by atoms with Gasteiger partial charge in [0.25, 0.3) is 0 Å². The normalized spacial score (nSPS) is 12.0. The van der Waals surface area contributed by atoms with E-state index < -0.39 is 0 Å². The number of hydrogen-bond donors (Lipinski definition) is 1. The van der Waals surface area contributed by atoms with Crippen molar-refractivity contribution in [2.45, 2.75) is 111 Å². The summed E-state index contributed by atoms with van der Waals surface area (Å²) in [7, 11) is 0. The molecule has 1 nitrogen and oxygen atoms in total. The predicted octanol–water partition coefficient (Wildman–Crippen LogP) is 6.71. The van der Waals surface area contributed by atoms with Crippen LogP contribution in [-0.4, -0.2) is 13.1 Å². The fraction of sp³-hybridized carbons (Fsp3) is 1.00. The molecule has 0 saturated carbocycles. The van der Waals surface area contributed by atoms with Crippen LogP contribution in [0.1, 0.15) is 111 Å². The van der Waals surface area contributed by atoms with Crippen LogP contribution in [0.4, 0.5) is 0 Å². The molecule has 1 heteroatoms. The Morgan fingerprint density at radius 3 is 1.62 bits per heavy atom. The molecular weight excluding hydrogens is 254 g/mol. The average molecular weight is 298 g/mol. The molecule has 0 aliphatic carbocycles. The van der Waals surface area contributed by atoms with Crippen molar-refractivity contribution in [3.05, 3.63) is 0 Å². The van der Waals surface area contributed by atoms with Gasteiger partial charge in [-0.3, -0.25) is 0 Å². The zero-order valence-corrected chi connectivity index (χ0v) is 15.6. The van der Waals surface area contributed by atoms with Crippen molar-refractivity contribution < 1.29 is 0 Å². The average Bonchev–Trinajstić information content (AvgIpc) is 2.45. The summed E-state index contributed by atoms with van der Waals surface area (Å²) in [5, 5.41) is 3.53. The molecule has 0 amide bonds. The third-order valence-electron chi connectivity index (χ3n) is 4.61. The lowest BCUT2D eigenvalue weighted by Crippen LogP contribution is -2.23. The molecule has 0 saturated heterocycles. The van der Waals surface area contributed by atoms with E-state index in [1.54, 1.807) is 0 Å². The minimum Gasteiger partial charge on any atom is -0.317 e. The number of unbranched alkanes of at least 4 members (excludes halogenated alkanes) is 9. The summed E-state index contributed by atoms with van der Waals surface area (Å²) >= 11 is 0. The van der Waals surface area contributed by atoms with Gasteiger partial charge in [0, 0.05) is 0 Å². The fourth-order valence-electron chi connectivity index (χ4n) is 2.94. The SMILES string of the molecule is CCCCCCCCCCCCC(C)(C)CCNCCC.